The molecule has 8 radical (unpaired) electrons. The largest absolute Gasteiger partial charge is 0.468 e. The predicted molar refractivity (Wildman–Crippen MR) is 154 cm³/mol. The van der Waals surface area contributed by atoms with Crippen molar-refractivity contribution in [1.29, 1.82) is 0 Å². The highest BCUT2D eigenvalue weighted by Gasteiger charge is 2.44. The number of alkyl halides is 3. The third-order valence-electron chi connectivity index (χ3n) is 7.16. The van der Waals surface area contributed by atoms with Crippen LogP contribution in [-0.4, -0.2) is 96.9 Å². The number of nitrogens with zero attached hydrogens (tertiary/aromatic N) is 6. The van der Waals surface area contributed by atoms with E-state index in [9.17, 15) is 18.0 Å². The summed E-state index contributed by atoms with van der Waals surface area (Å²) in [5, 5.41) is 4.07. The van der Waals surface area contributed by atoms with Crippen molar-refractivity contribution < 1.29 is 27.2 Å². The molecule has 1 aliphatic heterocycles. The number of halogens is 3. The second-order valence-corrected chi connectivity index (χ2v) is 10.1. The Morgan fingerprint density at radius 1 is 1.02 bits per heavy atom. The molecule has 17 heteroatoms. The van der Waals surface area contributed by atoms with Crippen molar-refractivity contribution in [2.24, 2.45) is 0 Å². The molecule has 0 atom stereocenters. The summed E-state index contributed by atoms with van der Waals surface area (Å²) in [5.41, 5.74) is 1.18. The molecular weight excluding hydrogens is 559 g/mol. The summed E-state index contributed by atoms with van der Waals surface area (Å²) in [6.07, 6.45) is -1.74. The molecular formula is C26H18B4F3N7O3. The van der Waals surface area contributed by atoms with Gasteiger partial charge in [-0.1, -0.05) is 17.3 Å². The number of fused-ring (bicyclic) bond motifs is 4. The summed E-state index contributed by atoms with van der Waals surface area (Å²) in [4.78, 5) is 27.3. The second kappa shape index (κ2) is 10.1. The maximum absolute atomic E-state index is 13.7. The Balaban J connectivity index is 1.31. The summed E-state index contributed by atoms with van der Waals surface area (Å²) in [6, 6.07) is 10.1. The molecule has 0 aliphatic carbocycles. The van der Waals surface area contributed by atoms with Crippen molar-refractivity contribution in [3.05, 3.63) is 60.4 Å². The first kappa shape index (κ1) is 28.7. The minimum absolute atomic E-state index is 0.0220. The van der Waals surface area contributed by atoms with Gasteiger partial charge in [0.1, 0.15) is 11.5 Å². The van der Waals surface area contributed by atoms with Crippen LogP contribution in [0.5, 0.6) is 5.88 Å². The van der Waals surface area contributed by atoms with Crippen molar-refractivity contribution in [3.63, 3.8) is 0 Å². The van der Waals surface area contributed by atoms with E-state index in [4.69, 9.17) is 40.6 Å². The lowest BCUT2D eigenvalue weighted by atomic mass is 9.37. The van der Waals surface area contributed by atoms with Crippen LogP contribution < -0.4 is 10.1 Å². The van der Waals surface area contributed by atoms with E-state index in [0.717, 1.165) is 10.3 Å². The summed E-state index contributed by atoms with van der Waals surface area (Å²) in [6.45, 7) is 0.289. The molecule has 1 aromatic carbocycles. The topological polar surface area (TPSA) is 111 Å². The predicted octanol–water partition coefficient (Wildman–Crippen LogP) is 2.43. The number of carbonyl (C=O) groups is 1. The molecule has 5 aromatic rings. The van der Waals surface area contributed by atoms with Gasteiger partial charge in [0.15, 0.2) is 6.61 Å². The maximum atomic E-state index is 13.7. The van der Waals surface area contributed by atoms with Gasteiger partial charge in [-0.15, -0.1) is 0 Å². The molecule has 0 unspecified atom stereocenters. The molecule has 0 fully saturated rings. The van der Waals surface area contributed by atoms with Crippen LogP contribution in [0.3, 0.4) is 0 Å². The van der Waals surface area contributed by atoms with Gasteiger partial charge in [0, 0.05) is 43.4 Å². The van der Waals surface area contributed by atoms with E-state index in [1.807, 2.05) is 12.1 Å². The number of nitrogens with one attached hydrogen (secondary N) is 1. The summed E-state index contributed by atoms with van der Waals surface area (Å²) in [7, 11) is 25.9. The molecule has 4 aromatic heterocycles. The maximum Gasteiger partial charge on any atom is 0.422 e. The van der Waals surface area contributed by atoms with E-state index in [-0.39, 0.29) is 35.9 Å². The first-order valence-corrected chi connectivity index (χ1v) is 12.9. The monoisotopic (exact) mass is 577 g/mol. The van der Waals surface area contributed by atoms with E-state index >= 15 is 0 Å². The van der Waals surface area contributed by atoms with Gasteiger partial charge in [0.05, 0.1) is 42.3 Å². The molecule has 1 amide bonds. The number of carbonyl (C=O) groups excluding carboxylic acids is 1. The van der Waals surface area contributed by atoms with Crippen LogP contribution in [0.2, 0.25) is 0 Å². The van der Waals surface area contributed by atoms with Crippen molar-refractivity contribution in [2.45, 2.75) is 30.3 Å². The van der Waals surface area contributed by atoms with Crippen molar-refractivity contribution in [2.75, 3.05) is 18.5 Å². The number of benzene rings is 1. The molecule has 1 N–H and O–H groups in total. The Morgan fingerprint density at radius 2 is 1.79 bits per heavy atom. The van der Waals surface area contributed by atoms with Crippen LogP contribution in [0.4, 0.5) is 19.0 Å². The fraction of sp³-hybridized carbons (Fsp3) is 0.269. The van der Waals surface area contributed by atoms with Crippen LogP contribution in [-0.2, 0) is 6.54 Å². The van der Waals surface area contributed by atoms with Gasteiger partial charge in [0.2, 0.25) is 17.6 Å². The molecule has 6 rings (SSSR count). The number of pyridine rings is 2. The van der Waals surface area contributed by atoms with Crippen LogP contribution in [0, 0.1) is 6.92 Å². The average molecular weight is 577 g/mol. The summed E-state index contributed by atoms with van der Waals surface area (Å²) in [5.74, 6) is 0.0568. The van der Waals surface area contributed by atoms with Crippen LogP contribution in [0.1, 0.15) is 16.4 Å². The number of aryl methyl sites for hydroxylation is 1. The molecule has 10 nitrogen and oxygen atoms in total. The van der Waals surface area contributed by atoms with E-state index < -0.39 is 29.4 Å². The highest BCUT2D eigenvalue weighted by atomic mass is 19.4. The highest BCUT2D eigenvalue weighted by molar-refractivity contribution is 6.56. The number of aromatic nitrogens is 5. The lowest BCUT2D eigenvalue weighted by molar-refractivity contribution is -0.153. The fourth-order valence-corrected chi connectivity index (χ4v) is 4.98. The third-order valence-corrected chi connectivity index (χ3v) is 7.16. The molecule has 43 heavy (non-hydrogen) atoms. The van der Waals surface area contributed by atoms with Gasteiger partial charge >= 0.3 is 6.18 Å². The van der Waals surface area contributed by atoms with Gasteiger partial charge in [0.25, 0.3) is 5.91 Å². The van der Waals surface area contributed by atoms with Gasteiger partial charge in [-0.3, -0.25) is 4.79 Å². The fourth-order valence-electron chi connectivity index (χ4n) is 4.98. The second-order valence-electron chi connectivity index (χ2n) is 10.1. The van der Waals surface area contributed by atoms with Crippen molar-refractivity contribution in [1.82, 2.24) is 29.6 Å². The molecule has 0 bridgehead atoms. The SMILES string of the molecule is [B]C([B])(Nc1nccc2ccc(-c3noc(C)n3)cc12)C([B])([B])N1CCn2c(cc3c(OCC(F)(F)F)nccc32)C1=O. The number of hydrogen-bond acceptors (Lipinski definition) is 8. The van der Waals surface area contributed by atoms with E-state index in [2.05, 4.69) is 25.4 Å². The lowest BCUT2D eigenvalue weighted by Crippen LogP contribution is -2.72. The molecule has 5 heterocycles. The number of ether oxygens (including phenoxy) is 1. The molecule has 1 aliphatic rings. The molecule has 208 valence electrons. The zero-order valence-corrected chi connectivity index (χ0v) is 22.6. The normalized spacial score (nSPS) is 14.3. The first-order valence-electron chi connectivity index (χ1n) is 12.9. The Kier molecular flexibility index (Phi) is 6.73. The molecule has 0 saturated carbocycles. The minimum Gasteiger partial charge on any atom is -0.468 e. The van der Waals surface area contributed by atoms with Gasteiger partial charge < -0.3 is 24.0 Å². The smallest absolute Gasteiger partial charge is 0.422 e. The third kappa shape index (κ3) is 5.10. The van der Waals surface area contributed by atoms with Gasteiger partial charge in [-0.05, 0) is 40.3 Å². The zero-order chi connectivity index (χ0) is 30.7. The minimum atomic E-state index is -4.57. The van der Waals surface area contributed by atoms with Gasteiger partial charge in [-0.2, -0.15) is 18.2 Å². The number of anilines is 1. The van der Waals surface area contributed by atoms with Crippen LogP contribution in [0.15, 0.2) is 53.3 Å². The zero-order valence-electron chi connectivity index (χ0n) is 22.6. The van der Waals surface area contributed by atoms with E-state index in [1.165, 1.54) is 18.5 Å². The Morgan fingerprint density at radius 3 is 2.51 bits per heavy atom. The Hall–Kier alpha value is -4.42. The van der Waals surface area contributed by atoms with Crippen LogP contribution >= 0.6 is 0 Å². The average Bonchev–Trinajstić information content (AvgIpc) is 3.56. The lowest BCUT2D eigenvalue weighted by Gasteiger charge is -2.53. The summed E-state index contributed by atoms with van der Waals surface area (Å²) >= 11 is 0. The number of amides is 1. The molecule has 0 saturated heterocycles. The van der Waals surface area contributed by atoms with Crippen molar-refractivity contribution >= 4 is 64.8 Å². The Labute approximate surface area is 248 Å². The Bertz CT molecular complexity index is 1880. The summed E-state index contributed by atoms with van der Waals surface area (Å²) < 4.78 is 49.9. The molecule has 0 spiro atoms. The van der Waals surface area contributed by atoms with Crippen molar-refractivity contribution in [3.8, 4) is 17.3 Å². The standard InChI is InChI=1S/C26H18B4F3N7O3/c1-13-36-20(38-43-13)15-3-2-14-4-6-34-21(16(14)10-15)37-25(27,28)26(29,30)40-9-8-39-18-5-7-35-22(42-12-24(31,32)33)17(18)11-19(39)23(40)41/h2-7,10-11H,8-9,12H2,1H3,(H,34,37). The highest BCUT2D eigenvalue weighted by Crippen LogP contribution is 2.34. The van der Waals surface area contributed by atoms with Gasteiger partial charge in [-0.25, -0.2) is 9.97 Å². The van der Waals surface area contributed by atoms with E-state index in [1.54, 1.807) is 29.7 Å². The number of rotatable bonds is 7. The van der Waals surface area contributed by atoms with Crippen LogP contribution in [0.25, 0.3) is 33.1 Å². The quantitative estimate of drug-likeness (QED) is 0.294. The number of hydrogen-bond donors (Lipinski definition) is 1. The first-order chi connectivity index (χ1) is 20.2. The van der Waals surface area contributed by atoms with E-state index in [0.29, 0.717) is 28.2 Å².